The van der Waals surface area contributed by atoms with Crippen LogP contribution in [0.3, 0.4) is 0 Å². The van der Waals surface area contributed by atoms with Crippen LogP contribution in [-0.4, -0.2) is 11.1 Å². The average Bonchev–Trinajstić information content (AvgIpc) is 2.18. The van der Waals surface area contributed by atoms with Crippen molar-refractivity contribution in [2.24, 2.45) is 5.41 Å². The molecule has 0 saturated carbocycles. The van der Waals surface area contributed by atoms with Gasteiger partial charge in [0, 0.05) is 0 Å². The maximum Gasteiger partial charge on any atom is 0.303 e. The number of halogens is 2. The van der Waals surface area contributed by atoms with Gasteiger partial charge in [0.05, 0.1) is 6.42 Å². The topological polar surface area (TPSA) is 37.3 Å². The first-order valence-electron chi connectivity index (χ1n) is 5.46. The van der Waals surface area contributed by atoms with Crippen molar-refractivity contribution < 1.29 is 18.7 Å². The van der Waals surface area contributed by atoms with Crippen LogP contribution in [0.15, 0.2) is 18.2 Å². The van der Waals surface area contributed by atoms with Crippen molar-refractivity contribution in [3.63, 3.8) is 0 Å². The zero-order valence-corrected chi connectivity index (χ0v) is 9.96. The lowest BCUT2D eigenvalue weighted by atomic mass is 9.83. The summed E-state index contributed by atoms with van der Waals surface area (Å²) < 4.78 is 25.6. The SMILES string of the molecule is CC(C)(CCc1ccc(F)c(F)c1)CC(=O)O. The molecule has 0 heterocycles. The van der Waals surface area contributed by atoms with Crippen LogP contribution in [0.4, 0.5) is 8.78 Å². The van der Waals surface area contributed by atoms with E-state index in [-0.39, 0.29) is 11.8 Å². The van der Waals surface area contributed by atoms with Crippen LogP contribution in [0.2, 0.25) is 0 Å². The fourth-order valence-electron chi connectivity index (χ4n) is 1.68. The lowest BCUT2D eigenvalue weighted by molar-refractivity contribution is -0.139. The summed E-state index contributed by atoms with van der Waals surface area (Å²) in [6.07, 6.45) is 1.22. The van der Waals surface area contributed by atoms with E-state index in [1.54, 1.807) is 0 Å². The minimum absolute atomic E-state index is 0.0661. The summed E-state index contributed by atoms with van der Waals surface area (Å²) in [6, 6.07) is 3.77. The Hall–Kier alpha value is -1.45. The van der Waals surface area contributed by atoms with E-state index in [1.807, 2.05) is 13.8 Å². The van der Waals surface area contributed by atoms with E-state index < -0.39 is 17.6 Å². The van der Waals surface area contributed by atoms with E-state index in [0.717, 1.165) is 12.1 Å². The van der Waals surface area contributed by atoms with E-state index in [1.165, 1.54) is 6.07 Å². The molecule has 0 aliphatic carbocycles. The quantitative estimate of drug-likeness (QED) is 0.859. The van der Waals surface area contributed by atoms with Crippen LogP contribution in [0.1, 0.15) is 32.3 Å². The molecule has 94 valence electrons. The van der Waals surface area contributed by atoms with Crippen molar-refractivity contribution in [2.75, 3.05) is 0 Å². The minimum atomic E-state index is -0.862. The van der Waals surface area contributed by atoms with Crippen LogP contribution in [0, 0.1) is 17.0 Å². The number of aliphatic carboxylic acids is 1. The summed E-state index contributed by atoms with van der Waals surface area (Å²) >= 11 is 0. The van der Waals surface area contributed by atoms with Gasteiger partial charge < -0.3 is 5.11 Å². The number of rotatable bonds is 5. The van der Waals surface area contributed by atoms with Crippen LogP contribution >= 0.6 is 0 Å². The predicted octanol–water partition coefficient (Wildman–Crippen LogP) is 3.40. The van der Waals surface area contributed by atoms with Crippen LogP contribution in [0.25, 0.3) is 0 Å². The summed E-state index contributed by atoms with van der Waals surface area (Å²) in [5, 5.41) is 8.72. The molecule has 0 aliphatic rings. The third-order valence-corrected chi connectivity index (χ3v) is 2.70. The molecule has 1 aromatic carbocycles. The molecule has 0 atom stereocenters. The molecule has 0 aromatic heterocycles. The Balaban J connectivity index is 2.60. The van der Waals surface area contributed by atoms with Gasteiger partial charge in [0.25, 0.3) is 0 Å². The summed E-state index contributed by atoms with van der Waals surface area (Å²) in [5.74, 6) is -2.57. The Morgan fingerprint density at radius 1 is 1.29 bits per heavy atom. The van der Waals surface area contributed by atoms with Crippen molar-refractivity contribution in [1.29, 1.82) is 0 Å². The van der Waals surface area contributed by atoms with Crippen molar-refractivity contribution in [3.8, 4) is 0 Å². The molecule has 0 spiro atoms. The fourth-order valence-corrected chi connectivity index (χ4v) is 1.68. The van der Waals surface area contributed by atoms with Gasteiger partial charge in [-0.2, -0.15) is 0 Å². The number of carboxylic acids is 1. The third-order valence-electron chi connectivity index (χ3n) is 2.70. The predicted molar refractivity (Wildman–Crippen MR) is 60.7 cm³/mol. The largest absolute Gasteiger partial charge is 0.481 e. The number of hydrogen-bond acceptors (Lipinski definition) is 1. The second-order valence-corrected chi connectivity index (χ2v) is 4.98. The van der Waals surface area contributed by atoms with E-state index in [2.05, 4.69) is 0 Å². The first kappa shape index (κ1) is 13.6. The summed E-state index contributed by atoms with van der Waals surface area (Å²) in [5.41, 5.74) is 0.332. The average molecular weight is 242 g/mol. The summed E-state index contributed by atoms with van der Waals surface area (Å²) in [7, 11) is 0. The monoisotopic (exact) mass is 242 g/mol. The Morgan fingerprint density at radius 3 is 2.47 bits per heavy atom. The molecule has 0 bridgehead atoms. The number of benzene rings is 1. The molecular weight excluding hydrogens is 226 g/mol. The van der Waals surface area contributed by atoms with Crippen LogP contribution in [0.5, 0.6) is 0 Å². The molecule has 0 amide bonds. The van der Waals surface area contributed by atoms with E-state index >= 15 is 0 Å². The molecule has 2 nitrogen and oxygen atoms in total. The molecular formula is C13H16F2O2. The van der Waals surface area contributed by atoms with Crippen LogP contribution in [-0.2, 0) is 11.2 Å². The Kier molecular flexibility index (Phi) is 4.21. The molecule has 1 N–H and O–H groups in total. The molecule has 0 unspecified atom stereocenters. The first-order chi connectivity index (χ1) is 7.80. The van der Waals surface area contributed by atoms with Gasteiger partial charge >= 0.3 is 5.97 Å². The van der Waals surface area contributed by atoms with Crippen LogP contribution < -0.4 is 0 Å². The molecule has 0 saturated heterocycles. The highest BCUT2D eigenvalue weighted by molar-refractivity contribution is 5.67. The minimum Gasteiger partial charge on any atom is -0.481 e. The Morgan fingerprint density at radius 2 is 1.94 bits per heavy atom. The van der Waals surface area contributed by atoms with Gasteiger partial charge in [-0.15, -0.1) is 0 Å². The number of carboxylic acid groups (broad SMARTS) is 1. The molecule has 4 heteroatoms. The number of aryl methyl sites for hydroxylation is 1. The van der Waals surface area contributed by atoms with E-state index in [4.69, 9.17) is 5.11 Å². The standard InChI is InChI=1S/C13H16F2O2/c1-13(2,8-12(16)17)6-5-9-3-4-10(14)11(15)7-9/h3-4,7H,5-6,8H2,1-2H3,(H,16,17). The molecule has 17 heavy (non-hydrogen) atoms. The first-order valence-corrected chi connectivity index (χ1v) is 5.46. The lowest BCUT2D eigenvalue weighted by Crippen LogP contribution is -2.17. The highest BCUT2D eigenvalue weighted by Gasteiger charge is 2.21. The molecule has 1 aromatic rings. The van der Waals surface area contributed by atoms with E-state index in [0.29, 0.717) is 18.4 Å². The summed E-state index contributed by atoms with van der Waals surface area (Å²) in [4.78, 5) is 10.6. The number of carbonyl (C=O) groups is 1. The van der Waals surface area contributed by atoms with Crippen molar-refractivity contribution >= 4 is 5.97 Å². The van der Waals surface area contributed by atoms with Gasteiger partial charge in [-0.1, -0.05) is 19.9 Å². The maximum atomic E-state index is 12.9. The second kappa shape index (κ2) is 5.25. The Bertz CT molecular complexity index is 414. The normalized spacial score (nSPS) is 11.5. The molecule has 1 rings (SSSR count). The van der Waals surface area contributed by atoms with Crippen molar-refractivity contribution in [3.05, 3.63) is 35.4 Å². The van der Waals surface area contributed by atoms with Gasteiger partial charge in [-0.05, 0) is 36.0 Å². The fraction of sp³-hybridized carbons (Fsp3) is 0.462. The van der Waals surface area contributed by atoms with Gasteiger partial charge in [0.2, 0.25) is 0 Å². The highest BCUT2D eigenvalue weighted by Crippen LogP contribution is 2.27. The zero-order valence-electron chi connectivity index (χ0n) is 9.96. The molecule has 0 aliphatic heterocycles. The van der Waals surface area contributed by atoms with Crippen molar-refractivity contribution in [1.82, 2.24) is 0 Å². The smallest absolute Gasteiger partial charge is 0.303 e. The van der Waals surface area contributed by atoms with Gasteiger partial charge in [0.1, 0.15) is 0 Å². The molecule has 0 radical (unpaired) electrons. The number of hydrogen-bond donors (Lipinski definition) is 1. The highest BCUT2D eigenvalue weighted by atomic mass is 19.2. The van der Waals surface area contributed by atoms with Crippen molar-refractivity contribution in [2.45, 2.75) is 33.1 Å². The summed E-state index contributed by atoms with van der Waals surface area (Å²) in [6.45, 7) is 3.70. The second-order valence-electron chi connectivity index (χ2n) is 4.98. The third kappa shape index (κ3) is 4.51. The lowest BCUT2D eigenvalue weighted by Gasteiger charge is -2.22. The van der Waals surface area contributed by atoms with Gasteiger partial charge in [-0.3, -0.25) is 4.79 Å². The Labute approximate surface area is 99.3 Å². The maximum absolute atomic E-state index is 12.9. The zero-order chi connectivity index (χ0) is 13.1. The van der Waals surface area contributed by atoms with Gasteiger partial charge in [-0.25, -0.2) is 8.78 Å². The van der Waals surface area contributed by atoms with E-state index in [9.17, 15) is 13.6 Å². The van der Waals surface area contributed by atoms with Gasteiger partial charge in [0.15, 0.2) is 11.6 Å². The molecule has 0 fully saturated rings.